The Morgan fingerprint density at radius 3 is 1.88 bits per heavy atom. The molecule has 0 saturated carbocycles. The van der Waals surface area contributed by atoms with Crippen LogP contribution >= 0.6 is 0 Å². The van der Waals surface area contributed by atoms with Crippen molar-refractivity contribution in [2.75, 3.05) is 5.32 Å². The van der Waals surface area contributed by atoms with Gasteiger partial charge in [-0.2, -0.15) is 4.57 Å². The number of benzene rings is 3. The fraction of sp³-hybridized carbons (Fsp3) is 0.0769. The fourth-order valence-corrected chi connectivity index (χ4v) is 3.89. The average molecular weight is 424 g/mol. The summed E-state index contributed by atoms with van der Waals surface area (Å²) in [5.41, 5.74) is 3.48. The van der Waals surface area contributed by atoms with E-state index in [-0.39, 0.29) is 11.3 Å². The smallest absolute Gasteiger partial charge is 0.322 e. The van der Waals surface area contributed by atoms with Gasteiger partial charge < -0.3 is 5.32 Å². The zero-order chi connectivity index (χ0) is 22.7. The molecule has 0 aliphatic heterocycles. The third kappa shape index (κ3) is 3.86. The molecule has 158 valence electrons. The second-order valence-electron chi connectivity index (χ2n) is 7.40. The number of aromatic nitrogens is 1. The van der Waals surface area contributed by atoms with Crippen LogP contribution in [0.3, 0.4) is 0 Å². The minimum atomic E-state index is -0.399. The van der Waals surface area contributed by atoms with Crippen LogP contribution in [0.1, 0.15) is 16.1 Å². The van der Waals surface area contributed by atoms with Crippen molar-refractivity contribution in [1.82, 2.24) is 0 Å². The van der Waals surface area contributed by atoms with E-state index in [0.29, 0.717) is 33.8 Å². The van der Waals surface area contributed by atoms with Crippen molar-refractivity contribution >= 4 is 17.3 Å². The van der Waals surface area contributed by atoms with Gasteiger partial charge in [-0.25, -0.2) is 0 Å². The van der Waals surface area contributed by atoms with Gasteiger partial charge in [-0.1, -0.05) is 66.7 Å². The molecule has 0 radical (unpaired) electrons. The van der Waals surface area contributed by atoms with Crippen LogP contribution in [-0.4, -0.2) is 10.8 Å². The van der Waals surface area contributed by atoms with E-state index in [9.17, 15) is 14.9 Å². The SMILES string of the molecule is Cc1c(C(=O)Nc2ccccc2)c(-c2ccccc2)c([N+](=O)[O-])c(-c2ccccc2)[n+]1C. The zero-order valence-electron chi connectivity index (χ0n) is 17.8. The summed E-state index contributed by atoms with van der Waals surface area (Å²) in [5, 5.41) is 15.3. The van der Waals surface area contributed by atoms with Crippen molar-refractivity contribution < 1.29 is 14.3 Å². The molecule has 6 heteroatoms. The summed E-state index contributed by atoms with van der Waals surface area (Å²) in [6.07, 6.45) is 0. The van der Waals surface area contributed by atoms with Gasteiger partial charge in [0.2, 0.25) is 0 Å². The summed E-state index contributed by atoms with van der Waals surface area (Å²) in [4.78, 5) is 25.5. The lowest BCUT2D eigenvalue weighted by atomic mass is 9.93. The van der Waals surface area contributed by atoms with E-state index in [4.69, 9.17) is 0 Å². The highest BCUT2D eigenvalue weighted by atomic mass is 16.6. The number of carbonyl (C=O) groups excluding carboxylic acids is 1. The summed E-state index contributed by atoms with van der Waals surface area (Å²) < 4.78 is 1.72. The standard InChI is InChI=1S/C26H21N3O3/c1-18-22(26(30)27-21-16-10-5-11-17-21)23(19-12-6-3-7-13-19)25(29(31)32)24(28(18)2)20-14-8-4-9-15-20/h3-17H,1-2H3/p+1. The molecule has 1 amide bonds. The van der Waals surface area contributed by atoms with Crippen molar-refractivity contribution in [3.8, 4) is 22.4 Å². The van der Waals surface area contributed by atoms with Gasteiger partial charge in [-0.05, 0) is 29.8 Å². The van der Waals surface area contributed by atoms with Gasteiger partial charge in [0.25, 0.3) is 11.6 Å². The van der Waals surface area contributed by atoms with E-state index in [1.54, 1.807) is 35.9 Å². The molecule has 32 heavy (non-hydrogen) atoms. The van der Waals surface area contributed by atoms with Crippen LogP contribution in [0.5, 0.6) is 0 Å². The summed E-state index contributed by atoms with van der Waals surface area (Å²) in [5.74, 6) is -0.397. The Bertz CT molecular complexity index is 1290. The van der Waals surface area contributed by atoms with Crippen molar-refractivity contribution in [1.29, 1.82) is 0 Å². The molecule has 0 bridgehead atoms. The highest BCUT2D eigenvalue weighted by Crippen LogP contribution is 2.40. The Morgan fingerprint density at radius 1 is 0.844 bits per heavy atom. The first-order valence-corrected chi connectivity index (χ1v) is 10.2. The Hall–Kier alpha value is -4.32. The van der Waals surface area contributed by atoms with Crippen LogP contribution in [0.2, 0.25) is 0 Å². The Balaban J connectivity index is 2.06. The van der Waals surface area contributed by atoms with E-state index in [2.05, 4.69) is 5.32 Å². The van der Waals surface area contributed by atoms with E-state index >= 15 is 0 Å². The number of anilines is 1. The van der Waals surface area contributed by atoms with Crippen molar-refractivity contribution in [2.24, 2.45) is 7.05 Å². The Labute approximate surface area is 185 Å². The number of hydrogen-bond acceptors (Lipinski definition) is 3. The molecule has 0 saturated heterocycles. The predicted octanol–water partition coefficient (Wildman–Crippen LogP) is 5.31. The first kappa shape index (κ1) is 20.9. The van der Waals surface area contributed by atoms with Crippen LogP contribution in [0.25, 0.3) is 22.4 Å². The lowest BCUT2D eigenvalue weighted by Crippen LogP contribution is -2.39. The van der Waals surface area contributed by atoms with Crippen LogP contribution < -0.4 is 9.88 Å². The molecule has 1 heterocycles. The molecule has 0 aliphatic carbocycles. The zero-order valence-corrected chi connectivity index (χ0v) is 17.8. The first-order valence-electron chi connectivity index (χ1n) is 10.2. The van der Waals surface area contributed by atoms with Gasteiger partial charge in [0.15, 0.2) is 5.69 Å². The molecule has 0 atom stereocenters. The van der Waals surface area contributed by atoms with Gasteiger partial charge in [-0.3, -0.25) is 14.9 Å². The monoisotopic (exact) mass is 424 g/mol. The molecule has 3 aromatic carbocycles. The fourth-order valence-electron chi connectivity index (χ4n) is 3.89. The molecule has 4 aromatic rings. The topological polar surface area (TPSA) is 76.1 Å². The number of nitro groups is 1. The maximum atomic E-state index is 13.5. The average Bonchev–Trinajstić information content (AvgIpc) is 2.81. The molecule has 4 rings (SSSR count). The number of rotatable bonds is 5. The molecular weight excluding hydrogens is 402 g/mol. The van der Waals surface area contributed by atoms with Gasteiger partial charge >= 0.3 is 5.69 Å². The number of carbonyl (C=O) groups is 1. The first-order chi connectivity index (χ1) is 15.5. The minimum absolute atomic E-state index is 0.103. The number of para-hydroxylation sites is 1. The summed E-state index contributed by atoms with van der Waals surface area (Å²) in [6, 6.07) is 27.3. The second-order valence-corrected chi connectivity index (χ2v) is 7.40. The van der Waals surface area contributed by atoms with Crippen LogP contribution in [0.15, 0.2) is 91.0 Å². The predicted molar refractivity (Wildman–Crippen MR) is 124 cm³/mol. The molecule has 6 nitrogen and oxygen atoms in total. The lowest BCUT2D eigenvalue weighted by Gasteiger charge is -2.15. The summed E-state index contributed by atoms with van der Waals surface area (Å²) >= 11 is 0. The van der Waals surface area contributed by atoms with Crippen molar-refractivity contribution in [2.45, 2.75) is 6.92 Å². The van der Waals surface area contributed by atoms with E-state index in [1.165, 1.54) is 0 Å². The number of nitrogens with one attached hydrogen (secondary N) is 1. The maximum absolute atomic E-state index is 13.5. The number of pyridine rings is 1. The lowest BCUT2D eigenvalue weighted by molar-refractivity contribution is -0.669. The highest BCUT2D eigenvalue weighted by molar-refractivity contribution is 6.11. The van der Waals surface area contributed by atoms with Gasteiger partial charge in [0, 0.05) is 12.6 Å². The molecule has 0 unspecified atom stereocenters. The van der Waals surface area contributed by atoms with Gasteiger partial charge in [-0.15, -0.1) is 0 Å². The van der Waals surface area contributed by atoms with Crippen LogP contribution in [-0.2, 0) is 7.05 Å². The molecule has 1 aromatic heterocycles. The highest BCUT2D eigenvalue weighted by Gasteiger charge is 2.38. The maximum Gasteiger partial charge on any atom is 0.349 e. The third-order valence-corrected chi connectivity index (χ3v) is 5.46. The number of amides is 1. The number of nitrogens with zero attached hydrogens (tertiary/aromatic N) is 2. The van der Waals surface area contributed by atoms with Crippen LogP contribution in [0, 0.1) is 17.0 Å². The quantitative estimate of drug-likeness (QED) is 0.268. The van der Waals surface area contributed by atoms with E-state index < -0.39 is 10.8 Å². The molecule has 0 aliphatic rings. The molecule has 0 spiro atoms. The van der Waals surface area contributed by atoms with E-state index in [1.807, 2.05) is 73.7 Å². The molecular formula is C26H22N3O3+. The molecule has 1 N–H and O–H groups in total. The summed E-state index contributed by atoms with van der Waals surface area (Å²) in [6.45, 7) is 1.81. The summed E-state index contributed by atoms with van der Waals surface area (Å²) in [7, 11) is 1.75. The Morgan fingerprint density at radius 2 is 1.34 bits per heavy atom. The second kappa shape index (κ2) is 8.81. The number of hydrogen-bond donors (Lipinski definition) is 1. The Kier molecular flexibility index (Phi) is 5.77. The largest absolute Gasteiger partial charge is 0.349 e. The van der Waals surface area contributed by atoms with Crippen molar-refractivity contribution in [3.05, 3.63) is 112 Å². The van der Waals surface area contributed by atoms with Gasteiger partial charge in [0.05, 0.1) is 16.1 Å². The minimum Gasteiger partial charge on any atom is -0.322 e. The molecule has 0 fully saturated rings. The van der Waals surface area contributed by atoms with Crippen LogP contribution in [0.4, 0.5) is 11.4 Å². The van der Waals surface area contributed by atoms with Crippen molar-refractivity contribution in [3.63, 3.8) is 0 Å². The normalized spacial score (nSPS) is 10.6. The van der Waals surface area contributed by atoms with E-state index in [0.717, 1.165) is 0 Å². The third-order valence-electron chi connectivity index (χ3n) is 5.46. The van der Waals surface area contributed by atoms with Gasteiger partial charge in [0.1, 0.15) is 12.6 Å².